The second kappa shape index (κ2) is 10.0. The number of rotatable bonds is 2. The van der Waals surface area contributed by atoms with Crippen molar-refractivity contribution in [3.8, 4) is 22.3 Å². The fraction of sp³-hybridized carbons (Fsp3) is 0.111. The van der Waals surface area contributed by atoms with Crippen molar-refractivity contribution >= 4 is 37.7 Å². The number of nitrogens with zero attached hydrogens (tertiary/aromatic N) is 1. The minimum Gasteiger partial charge on any atom is -0.310 e. The molecule has 0 amide bonds. The summed E-state index contributed by atoms with van der Waals surface area (Å²) in [6.07, 6.45) is 1.80. The fourth-order valence-corrected chi connectivity index (χ4v) is 10.2. The van der Waals surface area contributed by atoms with Crippen molar-refractivity contribution in [2.75, 3.05) is 4.90 Å². The van der Waals surface area contributed by atoms with Crippen LogP contribution in [-0.4, -0.2) is 8.42 Å². The van der Waals surface area contributed by atoms with Crippen LogP contribution < -0.4 is 4.90 Å². The summed E-state index contributed by atoms with van der Waals surface area (Å²) in [6, 6.07) is 49.1. The number of hydrogen-bond donors (Lipinski definition) is 0. The van der Waals surface area contributed by atoms with Gasteiger partial charge in [-0.05, 0) is 117 Å². The summed E-state index contributed by atoms with van der Waals surface area (Å²) in [5, 5.41) is 2.42. The summed E-state index contributed by atoms with van der Waals surface area (Å²) in [6.45, 7) is 4.66. The molecule has 0 atom stereocenters. The Morgan fingerprint density at radius 3 is 1.88 bits per heavy atom. The highest BCUT2D eigenvalue weighted by atomic mass is 32.2. The molecular formula is C45H33NO2S. The molecule has 1 aliphatic carbocycles. The number of hydrogen-bond acceptors (Lipinski definition) is 3. The summed E-state index contributed by atoms with van der Waals surface area (Å²) < 4.78 is 26.3. The van der Waals surface area contributed by atoms with Gasteiger partial charge < -0.3 is 4.90 Å². The van der Waals surface area contributed by atoms with Crippen LogP contribution in [0.1, 0.15) is 47.2 Å². The van der Waals surface area contributed by atoms with Crippen molar-refractivity contribution in [2.45, 2.75) is 41.9 Å². The summed E-state index contributed by atoms with van der Waals surface area (Å²) in [5.41, 5.74) is 15.5. The maximum atomic E-state index is 13.1. The zero-order chi connectivity index (χ0) is 33.1. The quantitative estimate of drug-likeness (QED) is 0.187. The molecule has 0 saturated carbocycles. The van der Waals surface area contributed by atoms with Gasteiger partial charge in [0, 0.05) is 22.2 Å². The highest BCUT2D eigenvalue weighted by Crippen LogP contribution is 2.52. The molecule has 3 aliphatic rings. The molecule has 0 spiro atoms. The highest BCUT2D eigenvalue weighted by Gasteiger charge is 2.37. The molecule has 0 fully saturated rings. The molecule has 0 unspecified atom stereocenters. The number of para-hydroxylation sites is 2. The highest BCUT2D eigenvalue weighted by molar-refractivity contribution is 7.92. The van der Waals surface area contributed by atoms with Crippen molar-refractivity contribution in [2.24, 2.45) is 0 Å². The monoisotopic (exact) mass is 651 g/mol. The molecule has 4 heteroatoms. The zero-order valence-electron chi connectivity index (χ0n) is 27.4. The van der Waals surface area contributed by atoms with E-state index in [2.05, 4.69) is 116 Å². The molecular weight excluding hydrogens is 619 g/mol. The van der Waals surface area contributed by atoms with E-state index in [0.29, 0.717) is 9.79 Å². The minimum atomic E-state index is -3.48. The average molecular weight is 652 g/mol. The SMILES string of the molecule is CC1(C)c2ccccc2N(c2ccc3c(c2)Cc2cc4ccc(-c5ccc6c(c5)-c5ccccc5S6(=O)=O)cc4cc2C3)c2ccccc21. The Kier molecular flexibility index (Phi) is 5.85. The third-order valence-corrected chi connectivity index (χ3v) is 12.9. The van der Waals surface area contributed by atoms with Gasteiger partial charge in [0.2, 0.25) is 9.84 Å². The van der Waals surface area contributed by atoms with Crippen LogP contribution in [0.15, 0.2) is 149 Å². The summed E-state index contributed by atoms with van der Waals surface area (Å²) >= 11 is 0. The van der Waals surface area contributed by atoms with Crippen LogP contribution in [0.25, 0.3) is 33.0 Å². The normalized spacial score (nSPS) is 15.8. The Hall–Kier alpha value is -5.45. The molecule has 7 aromatic rings. The van der Waals surface area contributed by atoms with Crippen molar-refractivity contribution in [3.63, 3.8) is 0 Å². The van der Waals surface area contributed by atoms with Crippen LogP contribution in [0.2, 0.25) is 0 Å². The molecule has 236 valence electrons. The predicted octanol–water partition coefficient (Wildman–Crippen LogP) is 10.9. The lowest BCUT2D eigenvalue weighted by molar-refractivity contribution is 0.598. The van der Waals surface area contributed by atoms with E-state index in [0.717, 1.165) is 35.1 Å². The molecule has 0 N–H and O–H groups in total. The van der Waals surface area contributed by atoms with Gasteiger partial charge in [0.15, 0.2) is 0 Å². The van der Waals surface area contributed by atoms with Crippen LogP contribution >= 0.6 is 0 Å². The molecule has 7 aromatic carbocycles. The average Bonchev–Trinajstić information content (AvgIpc) is 3.35. The predicted molar refractivity (Wildman–Crippen MR) is 199 cm³/mol. The van der Waals surface area contributed by atoms with E-state index in [9.17, 15) is 8.42 Å². The van der Waals surface area contributed by atoms with Gasteiger partial charge in [0.25, 0.3) is 0 Å². The lowest BCUT2D eigenvalue weighted by Crippen LogP contribution is -2.30. The van der Waals surface area contributed by atoms with Crippen LogP contribution in [-0.2, 0) is 28.1 Å². The van der Waals surface area contributed by atoms with Gasteiger partial charge in [0.1, 0.15) is 0 Å². The van der Waals surface area contributed by atoms with Gasteiger partial charge in [-0.2, -0.15) is 0 Å². The van der Waals surface area contributed by atoms with Crippen molar-refractivity contribution < 1.29 is 8.42 Å². The van der Waals surface area contributed by atoms with E-state index >= 15 is 0 Å². The Labute approximate surface area is 287 Å². The second-order valence-corrected chi connectivity index (χ2v) is 16.1. The van der Waals surface area contributed by atoms with Crippen LogP contribution in [0.5, 0.6) is 0 Å². The van der Waals surface area contributed by atoms with Crippen LogP contribution in [0.4, 0.5) is 17.1 Å². The number of anilines is 3. The Balaban J connectivity index is 1.01. The topological polar surface area (TPSA) is 37.4 Å². The van der Waals surface area contributed by atoms with E-state index in [-0.39, 0.29) is 5.41 Å². The molecule has 0 saturated heterocycles. The summed E-state index contributed by atoms with van der Waals surface area (Å²) in [4.78, 5) is 3.24. The molecule has 10 rings (SSSR count). The number of sulfone groups is 1. The van der Waals surface area contributed by atoms with Crippen molar-refractivity contribution in [1.82, 2.24) is 0 Å². The standard InChI is InChI=1S/C45H33NO2S/c1-45(2)39-10-4-6-12-41(39)46(42-13-7-5-11-40(42)45)36-19-17-30-23-33-24-32-21-28(15-16-29(32)22-34(33)25-35(30)26-36)31-18-20-44-38(27-31)37-9-3-8-14-43(37)49(44,47)48/h3-22,24,26-27H,23,25H2,1-2H3. The van der Waals surface area contributed by atoms with Gasteiger partial charge in [0.05, 0.1) is 21.2 Å². The van der Waals surface area contributed by atoms with Gasteiger partial charge in [-0.15, -0.1) is 0 Å². The first-order valence-corrected chi connectivity index (χ1v) is 18.4. The van der Waals surface area contributed by atoms with Gasteiger partial charge in [-0.25, -0.2) is 8.42 Å². The molecule has 2 heterocycles. The van der Waals surface area contributed by atoms with Gasteiger partial charge in [-0.1, -0.05) is 105 Å². The second-order valence-electron chi connectivity index (χ2n) is 14.2. The van der Waals surface area contributed by atoms with Gasteiger partial charge in [-0.3, -0.25) is 0 Å². The molecule has 0 radical (unpaired) electrons. The Morgan fingerprint density at radius 1 is 0.510 bits per heavy atom. The summed E-state index contributed by atoms with van der Waals surface area (Å²) in [7, 11) is -3.48. The summed E-state index contributed by atoms with van der Waals surface area (Å²) in [5.74, 6) is 0. The number of benzene rings is 7. The van der Waals surface area contributed by atoms with Crippen LogP contribution in [0.3, 0.4) is 0 Å². The van der Waals surface area contributed by atoms with Crippen molar-refractivity contribution in [1.29, 1.82) is 0 Å². The van der Waals surface area contributed by atoms with Gasteiger partial charge >= 0.3 is 0 Å². The smallest absolute Gasteiger partial charge is 0.207 e. The Bertz CT molecular complexity index is 2620. The number of fused-ring (bicyclic) bond motifs is 8. The first-order chi connectivity index (χ1) is 23.8. The third-order valence-electron chi connectivity index (χ3n) is 11.1. The minimum absolute atomic E-state index is 0.0790. The lowest BCUT2D eigenvalue weighted by atomic mass is 9.73. The molecule has 49 heavy (non-hydrogen) atoms. The Morgan fingerprint density at radius 2 is 1.10 bits per heavy atom. The largest absolute Gasteiger partial charge is 0.310 e. The first-order valence-electron chi connectivity index (χ1n) is 16.9. The van der Waals surface area contributed by atoms with Crippen molar-refractivity contribution in [3.05, 3.63) is 173 Å². The van der Waals surface area contributed by atoms with Crippen LogP contribution in [0, 0.1) is 0 Å². The molecule has 3 nitrogen and oxygen atoms in total. The third kappa shape index (κ3) is 4.11. The maximum absolute atomic E-state index is 13.1. The zero-order valence-corrected chi connectivity index (χ0v) is 28.2. The fourth-order valence-electron chi connectivity index (χ4n) is 8.54. The van der Waals surface area contributed by atoms with E-state index in [1.807, 2.05) is 24.3 Å². The molecule has 0 bridgehead atoms. The van der Waals surface area contributed by atoms with E-state index in [1.165, 1.54) is 61.2 Å². The lowest BCUT2D eigenvalue weighted by Gasteiger charge is -2.42. The van der Waals surface area contributed by atoms with E-state index < -0.39 is 9.84 Å². The van der Waals surface area contributed by atoms with E-state index in [1.54, 1.807) is 18.2 Å². The molecule has 2 aliphatic heterocycles. The molecule has 0 aromatic heterocycles. The first kappa shape index (κ1) is 28.6. The van der Waals surface area contributed by atoms with E-state index in [4.69, 9.17) is 0 Å². The maximum Gasteiger partial charge on any atom is 0.207 e.